The van der Waals surface area contributed by atoms with Crippen LogP contribution in [0.5, 0.6) is 0 Å². The van der Waals surface area contributed by atoms with Gasteiger partial charge in [0.1, 0.15) is 0 Å². The van der Waals surface area contributed by atoms with Gasteiger partial charge in [-0.05, 0) is 40.3 Å². The Kier molecular flexibility index (Phi) is 7.48. The van der Waals surface area contributed by atoms with Crippen LogP contribution >= 0.6 is 0 Å². The lowest BCUT2D eigenvalue weighted by atomic mass is 9.95. The molecule has 5 nitrogen and oxygen atoms in total. The van der Waals surface area contributed by atoms with Gasteiger partial charge in [0.15, 0.2) is 0 Å². The predicted molar refractivity (Wildman–Crippen MR) is 81.9 cm³/mol. The maximum absolute atomic E-state index is 12.0. The highest BCUT2D eigenvalue weighted by Crippen LogP contribution is 2.33. The maximum Gasteiger partial charge on any atom is 0.236 e. The molecule has 1 atom stereocenters. The van der Waals surface area contributed by atoms with Crippen molar-refractivity contribution in [2.75, 3.05) is 40.9 Å². The minimum Gasteiger partial charge on any atom is -0.385 e. The van der Waals surface area contributed by atoms with Gasteiger partial charge >= 0.3 is 0 Å². The summed E-state index contributed by atoms with van der Waals surface area (Å²) in [5.74, 6) is 0.0769. The first kappa shape index (κ1) is 17.4. The Balaban J connectivity index is 2.30. The second-order valence-electron chi connectivity index (χ2n) is 6.07. The van der Waals surface area contributed by atoms with Crippen LogP contribution < -0.4 is 10.6 Å². The van der Waals surface area contributed by atoms with E-state index < -0.39 is 0 Å². The smallest absolute Gasteiger partial charge is 0.236 e. The van der Waals surface area contributed by atoms with E-state index in [0.717, 1.165) is 13.0 Å². The molecule has 1 saturated carbocycles. The van der Waals surface area contributed by atoms with Crippen LogP contribution in [0.3, 0.4) is 0 Å². The van der Waals surface area contributed by atoms with Gasteiger partial charge in [0.2, 0.25) is 5.91 Å². The van der Waals surface area contributed by atoms with Crippen LogP contribution in [-0.4, -0.2) is 63.3 Å². The van der Waals surface area contributed by atoms with E-state index in [9.17, 15) is 4.79 Å². The molecule has 0 aromatic carbocycles. The Hall–Kier alpha value is -0.650. The maximum atomic E-state index is 12.0. The average molecular weight is 285 g/mol. The third-order valence-corrected chi connectivity index (χ3v) is 4.44. The number of methoxy groups -OCH3 is 1. The molecule has 1 aliphatic rings. The molecule has 0 aromatic heterocycles. The fraction of sp³-hybridized carbons (Fsp3) is 0.933. The van der Waals surface area contributed by atoms with E-state index in [1.807, 2.05) is 6.92 Å². The highest BCUT2D eigenvalue weighted by atomic mass is 16.5. The first-order chi connectivity index (χ1) is 9.52. The van der Waals surface area contributed by atoms with Crippen LogP contribution in [0, 0.1) is 0 Å². The van der Waals surface area contributed by atoms with Gasteiger partial charge in [-0.25, -0.2) is 0 Å². The Morgan fingerprint density at radius 2 is 2.00 bits per heavy atom. The highest BCUT2D eigenvalue weighted by molar-refractivity contribution is 5.81. The van der Waals surface area contributed by atoms with Crippen molar-refractivity contribution in [1.29, 1.82) is 0 Å². The monoisotopic (exact) mass is 285 g/mol. The predicted octanol–water partition coefficient (Wildman–Crippen LogP) is 0.992. The van der Waals surface area contributed by atoms with Crippen LogP contribution in [0.25, 0.3) is 0 Å². The lowest BCUT2D eigenvalue weighted by Crippen LogP contribution is -2.54. The van der Waals surface area contributed by atoms with Crippen LogP contribution in [0.15, 0.2) is 0 Å². The van der Waals surface area contributed by atoms with Gasteiger partial charge in [0, 0.05) is 32.3 Å². The number of carbonyl (C=O) groups is 1. The topological polar surface area (TPSA) is 53.6 Å². The number of likely N-dealkylation sites (N-methyl/N-ethyl adjacent to an activating group) is 1. The first-order valence-electron chi connectivity index (χ1n) is 7.69. The summed E-state index contributed by atoms with van der Waals surface area (Å²) in [6.07, 6.45) is 5.87. The molecule has 1 amide bonds. The Labute approximate surface area is 123 Å². The molecular weight excluding hydrogens is 254 g/mol. The first-order valence-corrected chi connectivity index (χ1v) is 7.69. The van der Waals surface area contributed by atoms with E-state index >= 15 is 0 Å². The lowest BCUT2D eigenvalue weighted by molar-refractivity contribution is -0.122. The SMILES string of the molecule is COCCCNC(=O)C(C)NCC1(N(C)C)CCCC1. The van der Waals surface area contributed by atoms with Gasteiger partial charge in [-0.1, -0.05) is 12.8 Å². The normalized spacial score (nSPS) is 19.2. The lowest BCUT2D eigenvalue weighted by Gasteiger charge is -2.37. The van der Waals surface area contributed by atoms with Crippen LogP contribution in [0.4, 0.5) is 0 Å². The number of hydrogen-bond acceptors (Lipinski definition) is 4. The van der Waals surface area contributed by atoms with Crippen molar-refractivity contribution >= 4 is 5.91 Å². The quantitative estimate of drug-likeness (QED) is 0.620. The van der Waals surface area contributed by atoms with Crippen LogP contribution in [0.1, 0.15) is 39.0 Å². The van der Waals surface area contributed by atoms with E-state index in [0.29, 0.717) is 13.2 Å². The zero-order chi connectivity index (χ0) is 15.0. The molecular formula is C15H31N3O2. The average Bonchev–Trinajstić information content (AvgIpc) is 2.91. The third kappa shape index (κ3) is 5.04. The standard InChI is InChI=1S/C15H31N3O2/c1-13(14(19)16-10-7-11-20-4)17-12-15(18(2)3)8-5-6-9-15/h13,17H,5-12H2,1-4H3,(H,16,19). The van der Waals surface area contributed by atoms with Crippen LogP contribution in [-0.2, 0) is 9.53 Å². The van der Waals surface area contributed by atoms with E-state index in [-0.39, 0.29) is 17.5 Å². The molecule has 0 radical (unpaired) electrons. The molecule has 2 N–H and O–H groups in total. The summed E-state index contributed by atoms with van der Waals surface area (Å²) in [5.41, 5.74) is 0.227. The summed E-state index contributed by atoms with van der Waals surface area (Å²) in [7, 11) is 5.96. The number of amides is 1. The largest absolute Gasteiger partial charge is 0.385 e. The number of hydrogen-bond donors (Lipinski definition) is 2. The second kappa shape index (κ2) is 8.60. The van der Waals surface area contributed by atoms with E-state index in [2.05, 4.69) is 29.6 Å². The van der Waals surface area contributed by atoms with Crippen molar-refractivity contribution < 1.29 is 9.53 Å². The Bertz CT molecular complexity index is 289. The molecule has 1 fully saturated rings. The van der Waals surface area contributed by atoms with Crippen molar-refractivity contribution in [2.45, 2.75) is 50.6 Å². The molecule has 1 rings (SSSR count). The summed E-state index contributed by atoms with van der Waals surface area (Å²) >= 11 is 0. The summed E-state index contributed by atoms with van der Waals surface area (Å²) in [6.45, 7) is 4.18. The zero-order valence-electron chi connectivity index (χ0n) is 13.5. The summed E-state index contributed by atoms with van der Waals surface area (Å²) in [6, 6.07) is -0.144. The summed E-state index contributed by atoms with van der Waals surface area (Å²) < 4.78 is 4.97. The van der Waals surface area contributed by atoms with Gasteiger partial charge < -0.3 is 20.3 Å². The Morgan fingerprint density at radius 1 is 1.35 bits per heavy atom. The van der Waals surface area contributed by atoms with Crippen LogP contribution in [0.2, 0.25) is 0 Å². The molecule has 0 bridgehead atoms. The molecule has 1 unspecified atom stereocenters. The zero-order valence-corrected chi connectivity index (χ0v) is 13.5. The van der Waals surface area contributed by atoms with E-state index in [1.54, 1.807) is 7.11 Å². The van der Waals surface area contributed by atoms with Gasteiger partial charge in [0.05, 0.1) is 6.04 Å². The third-order valence-electron chi connectivity index (χ3n) is 4.44. The fourth-order valence-electron chi connectivity index (χ4n) is 2.83. The number of nitrogens with one attached hydrogen (secondary N) is 2. The molecule has 0 aliphatic heterocycles. The van der Waals surface area contributed by atoms with Crippen molar-refractivity contribution in [3.63, 3.8) is 0 Å². The second-order valence-corrected chi connectivity index (χ2v) is 6.07. The van der Waals surface area contributed by atoms with E-state index in [1.165, 1.54) is 25.7 Å². The minimum atomic E-state index is -0.144. The van der Waals surface area contributed by atoms with E-state index in [4.69, 9.17) is 4.74 Å². The van der Waals surface area contributed by atoms with Gasteiger partial charge in [-0.15, -0.1) is 0 Å². The van der Waals surface area contributed by atoms with Crippen molar-refractivity contribution in [3.8, 4) is 0 Å². The molecule has 0 spiro atoms. The fourth-order valence-corrected chi connectivity index (χ4v) is 2.83. The molecule has 0 aromatic rings. The number of ether oxygens (including phenoxy) is 1. The molecule has 0 saturated heterocycles. The Morgan fingerprint density at radius 3 is 2.55 bits per heavy atom. The highest BCUT2D eigenvalue weighted by Gasteiger charge is 2.36. The number of rotatable bonds is 9. The number of carbonyl (C=O) groups excluding carboxylic acids is 1. The van der Waals surface area contributed by atoms with Crippen molar-refractivity contribution in [1.82, 2.24) is 15.5 Å². The molecule has 5 heteroatoms. The van der Waals surface area contributed by atoms with Gasteiger partial charge in [0.25, 0.3) is 0 Å². The van der Waals surface area contributed by atoms with Gasteiger partial charge in [-0.3, -0.25) is 4.79 Å². The summed E-state index contributed by atoms with van der Waals surface area (Å²) in [5, 5.41) is 6.34. The molecule has 1 aliphatic carbocycles. The minimum absolute atomic E-state index is 0.0769. The molecule has 0 heterocycles. The number of nitrogens with zero attached hydrogens (tertiary/aromatic N) is 1. The molecule has 118 valence electrons. The van der Waals surface area contributed by atoms with Crippen molar-refractivity contribution in [3.05, 3.63) is 0 Å². The van der Waals surface area contributed by atoms with Gasteiger partial charge in [-0.2, -0.15) is 0 Å². The van der Waals surface area contributed by atoms with Crippen molar-refractivity contribution in [2.24, 2.45) is 0 Å². The summed E-state index contributed by atoms with van der Waals surface area (Å²) in [4.78, 5) is 14.3. The molecule has 20 heavy (non-hydrogen) atoms.